The first kappa shape index (κ1) is 30.2. The Bertz CT molecular complexity index is 1090. The van der Waals surface area contributed by atoms with Gasteiger partial charge in [-0.2, -0.15) is 0 Å². The Labute approximate surface area is 217 Å². The summed E-state index contributed by atoms with van der Waals surface area (Å²) in [7, 11) is 0. The number of nitrogens with two attached hydrogens (primary N) is 2. The minimum atomic E-state index is -0.482. The molecule has 0 fully saturated rings. The predicted octanol–water partition coefficient (Wildman–Crippen LogP) is 4.81. The SMILES string of the molecule is C=C/C=C(\C=C/C)CNCc1ccc(C#Cc2ccc(C(=O)NC(C)C(C)(C)N)cc2)cc1.C=CN. The lowest BCUT2D eigenvalue weighted by Gasteiger charge is -2.28. The molecule has 1 unspecified atom stereocenters. The molecule has 0 aliphatic rings. The summed E-state index contributed by atoms with van der Waals surface area (Å²) in [6, 6.07) is 15.4. The van der Waals surface area contributed by atoms with Crippen molar-refractivity contribution in [1.82, 2.24) is 10.6 Å². The lowest BCUT2D eigenvalue weighted by atomic mass is 9.97. The van der Waals surface area contributed by atoms with Gasteiger partial charge in [-0.25, -0.2) is 0 Å². The fourth-order valence-electron chi connectivity index (χ4n) is 2.91. The lowest BCUT2D eigenvalue weighted by molar-refractivity contribution is 0.0925. The molecule has 0 radical (unpaired) electrons. The standard InChI is InChI=1S/C29H35N3O.C2H5N/c1-6-8-25(9-7-2)20-31-21-26-14-12-23(13-15-26)10-11-24-16-18-27(19-17-24)28(33)32-22(3)29(4,5)30;1-2-3/h6-9,12-19,22,31H,1,20-21,30H2,2-5H3,(H,32,33);2H,1,3H2/b9-7-,25-8+;. The Morgan fingerprint density at radius 3 is 2.06 bits per heavy atom. The zero-order valence-electron chi connectivity index (χ0n) is 22.0. The van der Waals surface area contributed by atoms with Gasteiger partial charge in [0.2, 0.25) is 0 Å². The van der Waals surface area contributed by atoms with E-state index in [2.05, 4.69) is 59.6 Å². The lowest BCUT2D eigenvalue weighted by Crippen LogP contribution is -2.52. The highest BCUT2D eigenvalue weighted by Gasteiger charge is 2.22. The number of hydrogen-bond donors (Lipinski definition) is 4. The molecule has 0 bridgehead atoms. The molecule has 190 valence electrons. The topological polar surface area (TPSA) is 93.2 Å². The number of carbonyl (C=O) groups is 1. The van der Waals surface area contributed by atoms with Gasteiger partial charge in [-0.05, 0) is 81.4 Å². The van der Waals surface area contributed by atoms with E-state index in [4.69, 9.17) is 5.73 Å². The van der Waals surface area contributed by atoms with E-state index in [1.807, 2.05) is 64.1 Å². The molecule has 1 amide bonds. The van der Waals surface area contributed by atoms with E-state index in [0.29, 0.717) is 5.56 Å². The van der Waals surface area contributed by atoms with Crippen LogP contribution in [0, 0.1) is 11.8 Å². The summed E-state index contributed by atoms with van der Waals surface area (Å²) in [5.74, 6) is 6.20. The summed E-state index contributed by atoms with van der Waals surface area (Å²) in [5, 5.41) is 6.38. The van der Waals surface area contributed by atoms with E-state index in [1.165, 1.54) is 17.3 Å². The number of amides is 1. The first-order valence-electron chi connectivity index (χ1n) is 11.9. The third-order valence-electron chi connectivity index (χ3n) is 5.29. The molecule has 2 aromatic rings. The van der Waals surface area contributed by atoms with Crippen molar-refractivity contribution in [2.24, 2.45) is 11.5 Å². The average molecular weight is 485 g/mol. The number of nitrogens with one attached hydrogen (secondary N) is 2. The van der Waals surface area contributed by atoms with Gasteiger partial charge in [0.15, 0.2) is 0 Å². The normalized spacial score (nSPS) is 12.0. The molecule has 2 rings (SSSR count). The van der Waals surface area contributed by atoms with Gasteiger partial charge < -0.3 is 22.1 Å². The van der Waals surface area contributed by atoms with Crippen molar-refractivity contribution in [3.63, 3.8) is 0 Å². The van der Waals surface area contributed by atoms with Crippen molar-refractivity contribution in [2.75, 3.05) is 6.54 Å². The zero-order chi connectivity index (χ0) is 27.0. The molecule has 6 N–H and O–H groups in total. The molecule has 0 spiro atoms. The van der Waals surface area contributed by atoms with Crippen molar-refractivity contribution < 1.29 is 4.79 Å². The molecule has 0 saturated carbocycles. The van der Waals surface area contributed by atoms with Crippen LogP contribution >= 0.6 is 0 Å². The molecule has 36 heavy (non-hydrogen) atoms. The quantitative estimate of drug-likeness (QED) is 0.304. The second-order valence-electron chi connectivity index (χ2n) is 8.86. The van der Waals surface area contributed by atoms with Crippen molar-refractivity contribution in [2.45, 2.75) is 45.8 Å². The molecular weight excluding hydrogens is 444 g/mol. The fraction of sp³-hybridized carbons (Fsp3) is 0.258. The van der Waals surface area contributed by atoms with E-state index in [9.17, 15) is 4.79 Å². The van der Waals surface area contributed by atoms with Gasteiger partial charge in [-0.3, -0.25) is 4.79 Å². The largest absolute Gasteiger partial charge is 0.405 e. The second-order valence-corrected chi connectivity index (χ2v) is 8.86. The van der Waals surface area contributed by atoms with Crippen LogP contribution in [0.1, 0.15) is 54.7 Å². The first-order chi connectivity index (χ1) is 17.1. The highest BCUT2D eigenvalue weighted by molar-refractivity contribution is 5.94. The minimum Gasteiger partial charge on any atom is -0.405 e. The minimum absolute atomic E-state index is 0.137. The molecule has 0 aliphatic heterocycles. The third kappa shape index (κ3) is 11.5. The van der Waals surface area contributed by atoms with Crippen molar-refractivity contribution >= 4 is 5.91 Å². The summed E-state index contributed by atoms with van der Waals surface area (Å²) >= 11 is 0. The highest BCUT2D eigenvalue weighted by atomic mass is 16.1. The number of benzene rings is 2. The van der Waals surface area contributed by atoms with E-state index in [1.54, 1.807) is 18.2 Å². The number of allylic oxidation sites excluding steroid dienone is 3. The Balaban J connectivity index is 0.00000205. The van der Waals surface area contributed by atoms with E-state index in [-0.39, 0.29) is 11.9 Å². The molecule has 2 aromatic carbocycles. The monoisotopic (exact) mass is 484 g/mol. The Morgan fingerprint density at radius 2 is 1.58 bits per heavy atom. The van der Waals surface area contributed by atoms with Crippen LogP contribution in [0.2, 0.25) is 0 Å². The number of carbonyl (C=O) groups excluding carboxylic acids is 1. The van der Waals surface area contributed by atoms with Gasteiger partial charge >= 0.3 is 0 Å². The van der Waals surface area contributed by atoms with Crippen LogP contribution in [-0.4, -0.2) is 24.0 Å². The molecule has 0 saturated heterocycles. The van der Waals surface area contributed by atoms with Gasteiger partial charge in [0.05, 0.1) is 0 Å². The smallest absolute Gasteiger partial charge is 0.251 e. The molecule has 0 aromatic heterocycles. The van der Waals surface area contributed by atoms with Crippen molar-refractivity contribution in [3.05, 3.63) is 120 Å². The van der Waals surface area contributed by atoms with E-state index >= 15 is 0 Å². The molecule has 0 aliphatic carbocycles. The van der Waals surface area contributed by atoms with E-state index < -0.39 is 5.54 Å². The number of hydrogen-bond acceptors (Lipinski definition) is 4. The fourth-order valence-corrected chi connectivity index (χ4v) is 2.91. The van der Waals surface area contributed by atoms with Crippen LogP contribution in [0.25, 0.3) is 0 Å². The Kier molecular flexibility index (Phi) is 13.4. The highest BCUT2D eigenvalue weighted by Crippen LogP contribution is 2.09. The maximum absolute atomic E-state index is 12.4. The summed E-state index contributed by atoms with van der Waals surface area (Å²) in [4.78, 5) is 12.4. The maximum atomic E-state index is 12.4. The summed E-state index contributed by atoms with van der Waals surface area (Å²) in [5.41, 5.74) is 15.0. The van der Waals surface area contributed by atoms with Gasteiger partial charge in [0.25, 0.3) is 5.91 Å². The first-order valence-corrected chi connectivity index (χ1v) is 11.9. The van der Waals surface area contributed by atoms with Crippen molar-refractivity contribution in [1.29, 1.82) is 0 Å². The van der Waals surface area contributed by atoms with Crippen molar-refractivity contribution in [3.8, 4) is 11.8 Å². The molecular formula is C31H40N4O. The van der Waals surface area contributed by atoms with Crippen LogP contribution < -0.4 is 22.1 Å². The predicted molar refractivity (Wildman–Crippen MR) is 153 cm³/mol. The molecule has 0 heterocycles. The summed E-state index contributed by atoms with van der Waals surface area (Å²) in [6.45, 7) is 16.2. The maximum Gasteiger partial charge on any atom is 0.251 e. The second kappa shape index (κ2) is 15.9. The molecule has 5 nitrogen and oxygen atoms in total. The summed E-state index contributed by atoms with van der Waals surface area (Å²) in [6.07, 6.45) is 9.16. The zero-order valence-corrected chi connectivity index (χ0v) is 22.0. The van der Waals surface area contributed by atoms with Gasteiger partial charge in [-0.15, -0.1) is 0 Å². The van der Waals surface area contributed by atoms with Crippen LogP contribution in [0.3, 0.4) is 0 Å². The van der Waals surface area contributed by atoms with Gasteiger partial charge in [0, 0.05) is 41.4 Å². The Hall–Kier alpha value is -3.85. The summed E-state index contributed by atoms with van der Waals surface area (Å²) < 4.78 is 0. The molecule has 5 heteroatoms. The van der Waals surface area contributed by atoms with Crippen LogP contribution in [-0.2, 0) is 6.54 Å². The average Bonchev–Trinajstić information content (AvgIpc) is 2.84. The molecule has 1 atom stereocenters. The van der Waals surface area contributed by atoms with E-state index in [0.717, 1.165) is 24.2 Å². The van der Waals surface area contributed by atoms with Crippen LogP contribution in [0.4, 0.5) is 0 Å². The third-order valence-corrected chi connectivity index (χ3v) is 5.29. The van der Waals surface area contributed by atoms with Gasteiger partial charge in [0.1, 0.15) is 0 Å². The van der Waals surface area contributed by atoms with Crippen LogP contribution in [0.15, 0.2) is 97.8 Å². The number of rotatable bonds is 9. The Morgan fingerprint density at radius 1 is 1.06 bits per heavy atom. The van der Waals surface area contributed by atoms with Crippen LogP contribution in [0.5, 0.6) is 0 Å². The van der Waals surface area contributed by atoms with Gasteiger partial charge in [-0.1, -0.05) is 61.4 Å².